The Morgan fingerprint density at radius 3 is 1.92 bits per heavy atom. The molecule has 0 saturated carbocycles. The highest BCUT2D eigenvalue weighted by Crippen LogP contribution is 2.46. The Hall–Kier alpha value is -6.45. The van der Waals surface area contributed by atoms with Crippen LogP contribution in [-0.4, -0.2) is 9.55 Å². The fraction of sp³-hybridized carbons (Fsp3) is 0.0426. The number of aromatic nitrogens is 2. The molecule has 236 valence electrons. The summed E-state index contributed by atoms with van der Waals surface area (Å²) in [5, 5.41) is 7.15. The lowest BCUT2D eigenvalue weighted by Crippen LogP contribution is -2.00. The molecule has 8 aromatic carbocycles. The van der Waals surface area contributed by atoms with Crippen molar-refractivity contribution >= 4 is 54.5 Å². The van der Waals surface area contributed by atoms with Gasteiger partial charge < -0.3 is 4.42 Å². The Bertz CT molecular complexity index is 2910. The van der Waals surface area contributed by atoms with Gasteiger partial charge in [-0.15, -0.1) is 0 Å². The van der Waals surface area contributed by atoms with Crippen LogP contribution in [0.25, 0.3) is 93.6 Å². The van der Waals surface area contributed by atoms with Gasteiger partial charge in [-0.3, -0.25) is 4.57 Å². The molecule has 0 N–H and O–H groups in total. The van der Waals surface area contributed by atoms with Gasteiger partial charge in [0.25, 0.3) is 0 Å². The van der Waals surface area contributed by atoms with Crippen molar-refractivity contribution < 1.29 is 4.42 Å². The third-order valence-corrected chi connectivity index (χ3v) is 10.1. The minimum absolute atomic E-state index is 0.845. The molecule has 0 aliphatic heterocycles. The van der Waals surface area contributed by atoms with Crippen molar-refractivity contribution in [2.75, 3.05) is 0 Å². The van der Waals surface area contributed by atoms with Crippen molar-refractivity contribution in [3.8, 4) is 39.1 Å². The number of benzene rings is 8. The maximum Gasteiger partial charge on any atom is 0.135 e. The van der Waals surface area contributed by atoms with E-state index in [0.29, 0.717) is 0 Å². The van der Waals surface area contributed by atoms with E-state index in [1.165, 1.54) is 54.9 Å². The summed E-state index contributed by atoms with van der Waals surface area (Å²) in [5.41, 5.74) is 12.3. The Balaban J connectivity index is 1.29. The minimum Gasteiger partial charge on any atom is -0.456 e. The van der Waals surface area contributed by atoms with Crippen molar-refractivity contribution in [2.24, 2.45) is 0 Å². The second-order valence-electron chi connectivity index (χ2n) is 13.0. The van der Waals surface area contributed by atoms with E-state index in [1.807, 2.05) is 12.1 Å². The highest BCUT2D eigenvalue weighted by atomic mass is 16.3. The van der Waals surface area contributed by atoms with Crippen LogP contribution in [-0.2, 0) is 6.42 Å². The van der Waals surface area contributed by atoms with Gasteiger partial charge in [0, 0.05) is 22.9 Å². The number of aryl methyl sites for hydroxylation is 1. The topological polar surface area (TPSA) is 31.0 Å². The van der Waals surface area contributed by atoms with E-state index in [1.54, 1.807) is 0 Å². The summed E-state index contributed by atoms with van der Waals surface area (Å²) in [7, 11) is 0. The second-order valence-corrected chi connectivity index (χ2v) is 13.0. The predicted molar refractivity (Wildman–Crippen MR) is 209 cm³/mol. The number of imidazole rings is 1. The monoisotopic (exact) mass is 640 g/mol. The molecule has 0 amide bonds. The molecule has 2 aromatic heterocycles. The summed E-state index contributed by atoms with van der Waals surface area (Å²) in [6.45, 7) is 2.18. The van der Waals surface area contributed by atoms with Gasteiger partial charge in [0.1, 0.15) is 17.0 Å². The van der Waals surface area contributed by atoms with Crippen LogP contribution in [0.15, 0.2) is 168 Å². The molecular formula is C47H32N2O. The molecule has 10 rings (SSSR count). The summed E-state index contributed by atoms with van der Waals surface area (Å²) in [6.07, 6.45) is 0.845. The first-order valence-electron chi connectivity index (χ1n) is 17.3. The standard InChI is InChI=1S/C47H32N2O/c1-2-45-48-41-20-9-10-21-42(41)49(45)34-16-12-15-32(27-34)46-36-18-6-7-19-37(36)47(40-28-31(23-25-38(40)46)30-13-4-3-5-14-30)33-24-26-44-39(29-33)35-17-8-11-22-43(35)50-44/h3-29H,2H2,1H3. The maximum absolute atomic E-state index is 6.25. The zero-order chi connectivity index (χ0) is 33.2. The van der Waals surface area contributed by atoms with Gasteiger partial charge in [-0.25, -0.2) is 4.98 Å². The van der Waals surface area contributed by atoms with Crippen LogP contribution >= 0.6 is 0 Å². The van der Waals surface area contributed by atoms with E-state index in [4.69, 9.17) is 9.40 Å². The third-order valence-electron chi connectivity index (χ3n) is 10.1. The van der Waals surface area contributed by atoms with E-state index >= 15 is 0 Å². The molecule has 50 heavy (non-hydrogen) atoms. The molecule has 3 heteroatoms. The second kappa shape index (κ2) is 11.3. The van der Waals surface area contributed by atoms with Crippen LogP contribution in [0.5, 0.6) is 0 Å². The lowest BCUT2D eigenvalue weighted by molar-refractivity contribution is 0.669. The Kier molecular flexibility index (Phi) is 6.47. The first-order valence-corrected chi connectivity index (χ1v) is 17.3. The molecule has 2 heterocycles. The van der Waals surface area contributed by atoms with Gasteiger partial charge in [0.2, 0.25) is 0 Å². The average Bonchev–Trinajstić information content (AvgIpc) is 3.75. The van der Waals surface area contributed by atoms with E-state index in [2.05, 4.69) is 163 Å². The van der Waals surface area contributed by atoms with Crippen molar-refractivity contribution in [3.63, 3.8) is 0 Å². The van der Waals surface area contributed by atoms with Gasteiger partial charge in [0.15, 0.2) is 0 Å². The smallest absolute Gasteiger partial charge is 0.135 e. The van der Waals surface area contributed by atoms with E-state index in [-0.39, 0.29) is 0 Å². The van der Waals surface area contributed by atoms with Gasteiger partial charge in [0.05, 0.1) is 11.0 Å². The molecule has 0 spiro atoms. The van der Waals surface area contributed by atoms with Crippen molar-refractivity contribution in [2.45, 2.75) is 13.3 Å². The lowest BCUT2D eigenvalue weighted by atomic mass is 9.84. The molecule has 0 atom stereocenters. The summed E-state index contributed by atoms with van der Waals surface area (Å²) in [5.74, 6) is 1.06. The lowest BCUT2D eigenvalue weighted by Gasteiger charge is -2.19. The van der Waals surface area contributed by atoms with E-state index in [0.717, 1.165) is 50.9 Å². The average molecular weight is 641 g/mol. The Labute approximate surface area is 289 Å². The summed E-state index contributed by atoms with van der Waals surface area (Å²) >= 11 is 0. The minimum atomic E-state index is 0.845. The largest absolute Gasteiger partial charge is 0.456 e. The third kappa shape index (κ3) is 4.40. The molecule has 0 radical (unpaired) electrons. The van der Waals surface area contributed by atoms with Gasteiger partial charge in [-0.2, -0.15) is 0 Å². The van der Waals surface area contributed by atoms with Crippen molar-refractivity contribution in [1.29, 1.82) is 0 Å². The maximum atomic E-state index is 6.25. The molecule has 0 aliphatic rings. The molecule has 10 aromatic rings. The van der Waals surface area contributed by atoms with Gasteiger partial charge >= 0.3 is 0 Å². The van der Waals surface area contributed by atoms with Crippen LogP contribution in [0.4, 0.5) is 0 Å². The van der Waals surface area contributed by atoms with E-state index in [9.17, 15) is 0 Å². The van der Waals surface area contributed by atoms with Crippen LogP contribution in [0.3, 0.4) is 0 Å². The summed E-state index contributed by atoms with van der Waals surface area (Å²) in [6, 6.07) is 58.9. The summed E-state index contributed by atoms with van der Waals surface area (Å²) < 4.78 is 8.57. The zero-order valence-corrected chi connectivity index (χ0v) is 27.6. The SMILES string of the molecule is CCc1nc2ccccc2n1-c1cccc(-c2c3ccccc3c(-c3ccc4oc5ccccc5c4c3)c3cc(-c4ccccc4)ccc23)c1. The molecular weight excluding hydrogens is 609 g/mol. The first kappa shape index (κ1) is 28.6. The number of hydrogen-bond donors (Lipinski definition) is 0. The molecule has 0 bridgehead atoms. The van der Waals surface area contributed by atoms with Crippen LogP contribution in [0, 0.1) is 0 Å². The quantitative estimate of drug-likeness (QED) is 0.175. The number of furan rings is 1. The number of rotatable bonds is 5. The fourth-order valence-corrected chi connectivity index (χ4v) is 7.89. The molecule has 0 fully saturated rings. The van der Waals surface area contributed by atoms with Gasteiger partial charge in [-0.05, 0) is 103 Å². The number of para-hydroxylation sites is 3. The number of hydrogen-bond acceptors (Lipinski definition) is 2. The van der Waals surface area contributed by atoms with E-state index < -0.39 is 0 Å². The normalized spacial score (nSPS) is 11.8. The fourth-order valence-electron chi connectivity index (χ4n) is 7.89. The zero-order valence-electron chi connectivity index (χ0n) is 27.6. The Morgan fingerprint density at radius 2 is 1.08 bits per heavy atom. The van der Waals surface area contributed by atoms with Crippen molar-refractivity contribution in [3.05, 3.63) is 170 Å². The number of nitrogens with zero attached hydrogens (tertiary/aromatic N) is 2. The highest BCUT2D eigenvalue weighted by molar-refractivity contribution is 6.22. The van der Waals surface area contributed by atoms with Crippen molar-refractivity contribution in [1.82, 2.24) is 9.55 Å². The Morgan fingerprint density at radius 1 is 0.460 bits per heavy atom. The molecule has 0 saturated heterocycles. The number of fused-ring (bicyclic) bond motifs is 6. The van der Waals surface area contributed by atoms with Gasteiger partial charge in [-0.1, -0.05) is 122 Å². The first-order chi connectivity index (χ1) is 24.7. The predicted octanol–water partition coefficient (Wildman–Crippen LogP) is 12.8. The van der Waals surface area contributed by atoms with Crippen LogP contribution in [0.2, 0.25) is 0 Å². The van der Waals surface area contributed by atoms with Crippen LogP contribution < -0.4 is 0 Å². The molecule has 0 unspecified atom stereocenters. The highest BCUT2D eigenvalue weighted by Gasteiger charge is 2.20. The molecule has 0 aliphatic carbocycles. The van der Waals surface area contributed by atoms with Crippen LogP contribution in [0.1, 0.15) is 12.7 Å². The summed E-state index contributed by atoms with van der Waals surface area (Å²) in [4.78, 5) is 4.99. The molecule has 3 nitrogen and oxygen atoms in total.